The van der Waals surface area contributed by atoms with E-state index >= 15 is 0 Å². The quantitative estimate of drug-likeness (QED) is 0.392. The molecule has 27 heavy (non-hydrogen) atoms. The normalized spacial score (nSPS) is 25.7. The van der Waals surface area contributed by atoms with Gasteiger partial charge in [0.25, 0.3) is 0 Å². The van der Waals surface area contributed by atoms with Crippen molar-refractivity contribution >= 4 is 19.6 Å². The third-order valence-corrected chi connectivity index (χ3v) is 6.82. The molecule has 1 heterocycles. The first-order valence-corrected chi connectivity index (χ1v) is 11.1. The van der Waals surface area contributed by atoms with Gasteiger partial charge in [-0.05, 0) is 38.7 Å². The summed E-state index contributed by atoms with van der Waals surface area (Å²) < 4.78 is 16.8. The summed E-state index contributed by atoms with van der Waals surface area (Å²) in [7, 11) is -3.97. The molecule has 1 aliphatic rings. The Kier molecular flexibility index (Phi) is 7.34. The summed E-state index contributed by atoms with van der Waals surface area (Å²) in [6.07, 6.45) is 0.739. The fraction of sp³-hybridized carbons (Fsp3) is 0.579. The number of unbranched alkanes of at least 4 members (excludes halogenated alkanes) is 1. The lowest BCUT2D eigenvalue weighted by atomic mass is 10.1. The van der Waals surface area contributed by atoms with Gasteiger partial charge in [0.2, 0.25) is 0 Å². The van der Waals surface area contributed by atoms with E-state index in [-0.39, 0.29) is 18.7 Å². The van der Waals surface area contributed by atoms with Gasteiger partial charge in [-0.25, -0.2) is 4.79 Å². The third-order valence-electron chi connectivity index (χ3n) is 5.29. The molecule has 7 nitrogen and oxygen atoms in total. The van der Waals surface area contributed by atoms with Crippen molar-refractivity contribution < 1.29 is 33.2 Å². The van der Waals surface area contributed by atoms with E-state index < -0.39 is 30.2 Å². The number of hydrogen-bond donors (Lipinski definition) is 2. The molecule has 0 spiro atoms. The van der Waals surface area contributed by atoms with Crippen LogP contribution >= 0.6 is 7.60 Å². The number of benzene rings is 1. The van der Waals surface area contributed by atoms with Gasteiger partial charge < -0.3 is 10.00 Å². The SMILES string of the molecule is CC(OP(=O)(O)CCCCc1ccccc1)C(=O)[N@+]1(C(=O)O)CCCC1C. The summed E-state index contributed by atoms with van der Waals surface area (Å²) in [5.74, 6) is -0.661. The number of rotatable bonds is 8. The summed E-state index contributed by atoms with van der Waals surface area (Å²) >= 11 is 0. The molecular formula is C19H29NO6P+. The Balaban J connectivity index is 1.89. The fourth-order valence-corrected chi connectivity index (χ4v) is 5.05. The Hall–Kier alpha value is -1.53. The Morgan fingerprint density at radius 1 is 1.30 bits per heavy atom. The zero-order valence-corrected chi connectivity index (χ0v) is 16.8. The van der Waals surface area contributed by atoms with Crippen LogP contribution in [0.15, 0.2) is 30.3 Å². The van der Waals surface area contributed by atoms with Gasteiger partial charge in [-0.15, -0.1) is 0 Å². The molecule has 1 saturated heterocycles. The van der Waals surface area contributed by atoms with Crippen molar-refractivity contribution in [2.75, 3.05) is 12.7 Å². The highest BCUT2D eigenvalue weighted by atomic mass is 31.2. The van der Waals surface area contributed by atoms with Crippen molar-refractivity contribution in [3.63, 3.8) is 0 Å². The molecule has 1 fully saturated rings. The van der Waals surface area contributed by atoms with Crippen LogP contribution in [0.3, 0.4) is 0 Å². The van der Waals surface area contributed by atoms with Crippen molar-refractivity contribution in [2.45, 2.75) is 58.1 Å². The van der Waals surface area contributed by atoms with Crippen LogP contribution < -0.4 is 0 Å². The predicted molar refractivity (Wildman–Crippen MR) is 101 cm³/mol. The largest absolute Gasteiger partial charge is 0.521 e. The maximum Gasteiger partial charge on any atom is 0.521 e. The second-order valence-corrected chi connectivity index (χ2v) is 9.19. The molecule has 1 aromatic carbocycles. The highest BCUT2D eigenvalue weighted by molar-refractivity contribution is 7.52. The Labute approximate surface area is 160 Å². The van der Waals surface area contributed by atoms with E-state index in [1.165, 1.54) is 6.92 Å². The Bertz CT molecular complexity index is 709. The Morgan fingerprint density at radius 3 is 2.52 bits per heavy atom. The fourth-order valence-electron chi connectivity index (χ4n) is 3.74. The molecule has 0 aliphatic carbocycles. The van der Waals surface area contributed by atoms with Gasteiger partial charge in [-0.3, -0.25) is 9.09 Å². The number of hydrogen-bond acceptors (Lipinski definition) is 4. The van der Waals surface area contributed by atoms with Gasteiger partial charge in [0, 0.05) is 12.8 Å². The third kappa shape index (κ3) is 5.26. The van der Waals surface area contributed by atoms with Crippen molar-refractivity contribution in [3.8, 4) is 0 Å². The van der Waals surface area contributed by atoms with Crippen LogP contribution in [0.4, 0.5) is 4.79 Å². The minimum Gasteiger partial charge on any atom is -0.435 e. The number of quaternary nitrogens is 1. The van der Waals surface area contributed by atoms with E-state index in [2.05, 4.69) is 0 Å². The maximum absolute atomic E-state index is 12.7. The average molecular weight is 398 g/mol. The van der Waals surface area contributed by atoms with Crippen molar-refractivity contribution in [1.82, 2.24) is 0 Å². The number of likely N-dealkylation sites (tertiary alicyclic amines) is 1. The van der Waals surface area contributed by atoms with Crippen LogP contribution in [0.1, 0.15) is 45.1 Å². The Morgan fingerprint density at radius 2 is 1.96 bits per heavy atom. The summed E-state index contributed by atoms with van der Waals surface area (Å²) in [5, 5.41) is 9.60. The maximum atomic E-state index is 12.7. The van der Waals surface area contributed by atoms with E-state index in [0.29, 0.717) is 19.3 Å². The number of carbonyl (C=O) groups is 2. The number of carboxylic acid groups (broad SMARTS) is 1. The monoisotopic (exact) mass is 398 g/mol. The van der Waals surface area contributed by atoms with Gasteiger partial charge in [0.05, 0.1) is 12.7 Å². The smallest absolute Gasteiger partial charge is 0.435 e. The molecular weight excluding hydrogens is 369 g/mol. The average Bonchev–Trinajstić information content (AvgIpc) is 3.01. The molecule has 3 unspecified atom stereocenters. The lowest BCUT2D eigenvalue weighted by Crippen LogP contribution is -2.61. The van der Waals surface area contributed by atoms with Gasteiger partial charge in [0.1, 0.15) is 6.04 Å². The van der Waals surface area contributed by atoms with Crippen LogP contribution in [-0.2, 0) is 20.3 Å². The standard InChI is InChI=1S/C19H28NO6P/c1-15-9-8-13-20(15,19(22)23)18(21)16(2)26-27(24,25)14-7-6-12-17-10-4-3-5-11-17/h3-5,10-11,15-16H,6-9,12-14H2,1-2H3,(H-,22,23,24,25)/p+1/t15?,16?,20-/m0/s1. The molecule has 4 atom stereocenters. The summed E-state index contributed by atoms with van der Waals surface area (Å²) in [6.45, 7) is 3.27. The molecule has 1 aromatic rings. The van der Waals surface area contributed by atoms with E-state index in [4.69, 9.17) is 4.52 Å². The minimum atomic E-state index is -3.97. The molecule has 0 radical (unpaired) electrons. The highest BCUT2D eigenvalue weighted by Gasteiger charge is 2.55. The van der Waals surface area contributed by atoms with Crippen LogP contribution in [0.5, 0.6) is 0 Å². The first-order chi connectivity index (χ1) is 12.7. The first kappa shape index (κ1) is 21.8. The molecule has 1 aliphatic heterocycles. The van der Waals surface area contributed by atoms with Crippen LogP contribution in [0, 0.1) is 0 Å². The summed E-state index contributed by atoms with van der Waals surface area (Å²) in [6, 6.07) is 9.46. The van der Waals surface area contributed by atoms with E-state index in [9.17, 15) is 24.2 Å². The lowest BCUT2D eigenvalue weighted by Gasteiger charge is -2.32. The van der Waals surface area contributed by atoms with Crippen LogP contribution in [0.2, 0.25) is 0 Å². The van der Waals surface area contributed by atoms with Gasteiger partial charge in [0.15, 0.2) is 6.10 Å². The zero-order valence-electron chi connectivity index (χ0n) is 15.9. The number of nitrogens with zero attached hydrogens (tertiary/aromatic N) is 1. The number of carbonyl (C=O) groups excluding carboxylic acids is 1. The minimum absolute atomic E-state index is 0.0555. The summed E-state index contributed by atoms with van der Waals surface area (Å²) in [5.41, 5.74) is 1.16. The van der Waals surface area contributed by atoms with Crippen molar-refractivity contribution in [1.29, 1.82) is 0 Å². The molecule has 8 heteroatoms. The first-order valence-electron chi connectivity index (χ1n) is 9.39. The van der Waals surface area contributed by atoms with Gasteiger partial charge >= 0.3 is 19.6 Å². The zero-order chi connectivity index (χ0) is 20.1. The van der Waals surface area contributed by atoms with E-state index in [0.717, 1.165) is 18.4 Å². The predicted octanol–water partition coefficient (Wildman–Crippen LogP) is 3.80. The molecule has 2 N–H and O–H groups in total. The van der Waals surface area contributed by atoms with Gasteiger partial charge in [-0.1, -0.05) is 30.3 Å². The second kappa shape index (κ2) is 9.11. The number of aryl methyl sites for hydroxylation is 1. The molecule has 150 valence electrons. The lowest BCUT2D eigenvalue weighted by molar-refractivity contribution is -0.793. The molecule has 0 saturated carbocycles. The molecule has 0 bridgehead atoms. The van der Waals surface area contributed by atoms with E-state index in [1.54, 1.807) is 6.92 Å². The van der Waals surface area contributed by atoms with Crippen molar-refractivity contribution in [3.05, 3.63) is 35.9 Å². The number of amides is 2. The summed E-state index contributed by atoms with van der Waals surface area (Å²) in [4.78, 5) is 34.6. The topological polar surface area (TPSA) is 101 Å². The van der Waals surface area contributed by atoms with Crippen LogP contribution in [0.25, 0.3) is 0 Å². The van der Waals surface area contributed by atoms with Crippen LogP contribution in [-0.4, -0.2) is 51.3 Å². The highest BCUT2D eigenvalue weighted by Crippen LogP contribution is 2.45. The van der Waals surface area contributed by atoms with Crippen molar-refractivity contribution in [2.24, 2.45) is 0 Å². The molecule has 0 aromatic heterocycles. The van der Waals surface area contributed by atoms with Gasteiger partial charge in [-0.2, -0.15) is 9.28 Å². The molecule has 2 rings (SSSR count). The number of imide groups is 1. The van der Waals surface area contributed by atoms with E-state index in [1.807, 2.05) is 30.3 Å². The second-order valence-electron chi connectivity index (χ2n) is 7.26. The molecule has 2 amide bonds.